The number of ether oxygens (including phenoxy) is 2. The lowest BCUT2D eigenvalue weighted by Crippen LogP contribution is -2.13. The minimum atomic E-state index is -0.314. The number of aryl methyl sites for hydroxylation is 1. The summed E-state index contributed by atoms with van der Waals surface area (Å²) >= 11 is 0. The predicted octanol–water partition coefficient (Wildman–Crippen LogP) is 5.43. The van der Waals surface area contributed by atoms with Crippen LogP contribution in [0.15, 0.2) is 83.6 Å². The van der Waals surface area contributed by atoms with Crippen LogP contribution in [0, 0.1) is 6.92 Å². The fourth-order valence-electron chi connectivity index (χ4n) is 3.74. The van der Waals surface area contributed by atoms with Gasteiger partial charge in [0.05, 0.1) is 29.4 Å². The molecule has 8 heteroatoms. The highest BCUT2D eigenvalue weighted by Gasteiger charge is 2.20. The van der Waals surface area contributed by atoms with Crippen LogP contribution in [0.2, 0.25) is 0 Å². The lowest BCUT2D eigenvalue weighted by Gasteiger charge is -2.13. The quantitative estimate of drug-likeness (QED) is 0.341. The number of rotatable bonds is 7. The number of fused-ring (bicyclic) bond motifs is 1. The number of hydrogen-bond acceptors (Lipinski definition) is 7. The smallest absolute Gasteiger partial charge is 0.259 e. The molecule has 0 saturated carbocycles. The third-order valence-corrected chi connectivity index (χ3v) is 5.50. The Balaban J connectivity index is 1.45. The van der Waals surface area contributed by atoms with Crippen molar-refractivity contribution in [1.82, 2.24) is 15.1 Å². The summed E-state index contributed by atoms with van der Waals surface area (Å²) < 4.78 is 16.8. The molecule has 0 radical (unpaired) electrons. The number of carbonyl (C=O) groups is 1. The van der Waals surface area contributed by atoms with Crippen molar-refractivity contribution in [3.8, 4) is 22.8 Å². The number of anilines is 1. The van der Waals surface area contributed by atoms with Crippen molar-refractivity contribution in [3.63, 3.8) is 0 Å². The van der Waals surface area contributed by atoms with E-state index >= 15 is 0 Å². The van der Waals surface area contributed by atoms with Gasteiger partial charge in [0.2, 0.25) is 0 Å². The Labute approximate surface area is 201 Å². The van der Waals surface area contributed by atoms with E-state index in [1.807, 2.05) is 42.5 Å². The number of methoxy groups -OCH3 is 1. The van der Waals surface area contributed by atoms with Gasteiger partial charge >= 0.3 is 0 Å². The van der Waals surface area contributed by atoms with E-state index < -0.39 is 0 Å². The molecule has 1 N–H and O–H groups in total. The first-order valence-corrected chi connectivity index (χ1v) is 11.0. The number of amides is 1. The van der Waals surface area contributed by atoms with Crippen molar-refractivity contribution in [2.24, 2.45) is 0 Å². The predicted molar refractivity (Wildman–Crippen MR) is 131 cm³/mol. The summed E-state index contributed by atoms with van der Waals surface area (Å²) in [5.74, 6) is 0.754. The molecule has 0 saturated heterocycles. The number of aromatic nitrogens is 3. The summed E-state index contributed by atoms with van der Waals surface area (Å²) in [5.41, 5.74) is 4.33. The Hall–Kier alpha value is -4.72. The molecule has 174 valence electrons. The number of carbonyl (C=O) groups excluding carboxylic acids is 1. The Morgan fingerprint density at radius 3 is 2.57 bits per heavy atom. The molecule has 0 aliphatic carbocycles. The minimum Gasteiger partial charge on any atom is -0.493 e. The number of nitrogens with zero attached hydrogens (tertiary/aromatic N) is 3. The first kappa shape index (κ1) is 22.1. The maximum Gasteiger partial charge on any atom is 0.259 e. The average molecular weight is 466 g/mol. The molecule has 5 rings (SSSR count). The molecule has 1 amide bonds. The maximum absolute atomic E-state index is 13.4. The van der Waals surface area contributed by atoms with Crippen LogP contribution >= 0.6 is 0 Å². The molecule has 35 heavy (non-hydrogen) atoms. The molecular weight excluding hydrogens is 444 g/mol. The molecule has 8 nitrogen and oxygen atoms in total. The fraction of sp³-hybridized carbons (Fsp3) is 0.111. The van der Waals surface area contributed by atoms with Gasteiger partial charge < -0.3 is 19.3 Å². The maximum atomic E-state index is 13.4. The highest BCUT2D eigenvalue weighted by Crippen LogP contribution is 2.32. The van der Waals surface area contributed by atoms with Crippen molar-refractivity contribution in [1.29, 1.82) is 0 Å². The van der Waals surface area contributed by atoms with E-state index in [0.29, 0.717) is 51.8 Å². The zero-order valence-corrected chi connectivity index (χ0v) is 19.2. The summed E-state index contributed by atoms with van der Waals surface area (Å²) in [4.78, 5) is 22.0. The molecule has 0 atom stereocenters. The lowest BCUT2D eigenvalue weighted by atomic mass is 10.0. The Morgan fingerprint density at radius 2 is 1.80 bits per heavy atom. The van der Waals surface area contributed by atoms with E-state index in [4.69, 9.17) is 14.0 Å². The largest absolute Gasteiger partial charge is 0.493 e. The third-order valence-electron chi connectivity index (χ3n) is 5.50. The molecule has 0 spiro atoms. The Kier molecular flexibility index (Phi) is 6.09. The summed E-state index contributed by atoms with van der Waals surface area (Å²) in [7, 11) is 1.57. The topological polar surface area (TPSA) is 99.4 Å². The van der Waals surface area contributed by atoms with Gasteiger partial charge in [-0.1, -0.05) is 35.5 Å². The molecule has 0 bridgehead atoms. The molecule has 3 aromatic heterocycles. The van der Waals surface area contributed by atoms with Crippen molar-refractivity contribution in [3.05, 3.63) is 95.9 Å². The van der Waals surface area contributed by atoms with Gasteiger partial charge in [0.25, 0.3) is 11.6 Å². The van der Waals surface area contributed by atoms with Crippen LogP contribution in [0.25, 0.3) is 22.4 Å². The van der Waals surface area contributed by atoms with Crippen LogP contribution in [0.4, 0.5) is 5.69 Å². The normalized spacial score (nSPS) is 10.8. The monoisotopic (exact) mass is 466 g/mol. The summed E-state index contributed by atoms with van der Waals surface area (Å²) in [6.45, 7) is 2.12. The van der Waals surface area contributed by atoms with E-state index in [2.05, 4.69) is 20.4 Å². The number of hydrogen-bond donors (Lipinski definition) is 1. The lowest BCUT2D eigenvalue weighted by molar-refractivity contribution is 0.102. The van der Waals surface area contributed by atoms with Gasteiger partial charge in [0, 0.05) is 29.7 Å². The second-order valence-electron chi connectivity index (χ2n) is 7.83. The van der Waals surface area contributed by atoms with Crippen LogP contribution in [-0.4, -0.2) is 28.1 Å². The molecular formula is C27H22N4O4. The van der Waals surface area contributed by atoms with Gasteiger partial charge in [-0.3, -0.25) is 9.78 Å². The summed E-state index contributed by atoms with van der Waals surface area (Å²) in [6.07, 6.45) is 3.41. The second kappa shape index (κ2) is 9.64. The first-order chi connectivity index (χ1) is 17.1. The molecule has 2 aromatic carbocycles. The summed E-state index contributed by atoms with van der Waals surface area (Å²) in [5, 5.41) is 7.54. The van der Waals surface area contributed by atoms with Gasteiger partial charge in [-0.25, -0.2) is 4.98 Å². The van der Waals surface area contributed by atoms with Gasteiger partial charge in [-0.05, 0) is 42.8 Å². The van der Waals surface area contributed by atoms with Crippen LogP contribution in [0.5, 0.6) is 11.5 Å². The zero-order valence-electron chi connectivity index (χ0n) is 19.2. The molecule has 0 aliphatic rings. The Morgan fingerprint density at radius 1 is 1.00 bits per heavy atom. The Bertz CT molecular complexity index is 1480. The van der Waals surface area contributed by atoms with Crippen molar-refractivity contribution in [2.45, 2.75) is 13.5 Å². The van der Waals surface area contributed by atoms with Crippen molar-refractivity contribution >= 4 is 22.7 Å². The minimum absolute atomic E-state index is 0.310. The van der Waals surface area contributed by atoms with Crippen molar-refractivity contribution < 1.29 is 18.8 Å². The zero-order chi connectivity index (χ0) is 24.2. The average Bonchev–Trinajstić information content (AvgIpc) is 3.28. The summed E-state index contributed by atoms with van der Waals surface area (Å²) in [6, 6.07) is 20.3. The second-order valence-corrected chi connectivity index (χ2v) is 7.83. The van der Waals surface area contributed by atoms with E-state index in [1.165, 1.54) is 0 Å². The van der Waals surface area contributed by atoms with Gasteiger partial charge in [0.1, 0.15) is 6.61 Å². The van der Waals surface area contributed by atoms with E-state index in [-0.39, 0.29) is 5.91 Å². The van der Waals surface area contributed by atoms with E-state index in [1.54, 1.807) is 50.7 Å². The van der Waals surface area contributed by atoms with Gasteiger partial charge in [0.15, 0.2) is 11.5 Å². The number of nitrogens with one attached hydrogen (secondary N) is 1. The molecule has 0 aliphatic heterocycles. The van der Waals surface area contributed by atoms with Crippen LogP contribution < -0.4 is 14.8 Å². The SMILES string of the molecule is COc1ccc(NC(=O)c2cc(-c3ccccc3)nc3onc(C)c23)cc1OCc1ccncc1. The van der Waals surface area contributed by atoms with Crippen molar-refractivity contribution in [2.75, 3.05) is 12.4 Å². The molecule has 5 aromatic rings. The number of benzene rings is 2. The molecule has 0 unspecified atom stereocenters. The van der Waals surface area contributed by atoms with Gasteiger partial charge in [-0.2, -0.15) is 0 Å². The first-order valence-electron chi connectivity index (χ1n) is 11.0. The molecule has 0 fully saturated rings. The van der Waals surface area contributed by atoms with Gasteiger partial charge in [-0.15, -0.1) is 0 Å². The number of pyridine rings is 2. The standard InChI is InChI=1S/C27H22N4O4/c1-17-25-21(15-22(30-27(25)35-31-17)19-6-4-3-5-7-19)26(32)29-20-8-9-23(33-2)24(14-20)34-16-18-10-12-28-13-11-18/h3-15H,16H2,1-2H3,(H,29,32). The highest BCUT2D eigenvalue weighted by atomic mass is 16.5. The molecule has 3 heterocycles. The third kappa shape index (κ3) is 4.67. The van der Waals surface area contributed by atoms with Crippen LogP contribution in [0.1, 0.15) is 21.6 Å². The van der Waals surface area contributed by atoms with Crippen LogP contribution in [0.3, 0.4) is 0 Å². The van der Waals surface area contributed by atoms with E-state index in [0.717, 1.165) is 11.1 Å². The van der Waals surface area contributed by atoms with E-state index in [9.17, 15) is 4.79 Å². The fourth-order valence-corrected chi connectivity index (χ4v) is 3.74. The van der Waals surface area contributed by atoms with Crippen LogP contribution in [-0.2, 0) is 6.61 Å². The highest BCUT2D eigenvalue weighted by molar-refractivity contribution is 6.13.